The number of nitrogens with zero attached hydrogens (tertiary/aromatic N) is 3. The van der Waals surface area contributed by atoms with Crippen LogP contribution in [-0.2, 0) is 6.54 Å². The van der Waals surface area contributed by atoms with Crippen molar-refractivity contribution in [2.24, 2.45) is 0 Å². The lowest BCUT2D eigenvalue weighted by Gasteiger charge is -2.34. The van der Waals surface area contributed by atoms with Crippen LogP contribution in [0.1, 0.15) is 21.6 Å². The average molecular weight is 362 g/mol. The van der Waals surface area contributed by atoms with E-state index in [1.165, 1.54) is 11.1 Å². The van der Waals surface area contributed by atoms with Crippen LogP contribution in [0.3, 0.4) is 0 Å². The monoisotopic (exact) mass is 362 g/mol. The number of aromatic nitrogens is 2. The number of rotatable bonds is 3. The van der Waals surface area contributed by atoms with Crippen molar-refractivity contribution >= 4 is 16.7 Å². The molecule has 0 saturated carbocycles. The van der Waals surface area contributed by atoms with Crippen molar-refractivity contribution in [2.45, 2.75) is 13.5 Å². The molecule has 2 aromatic carbocycles. The molecule has 1 N–H and O–H groups in total. The topological polar surface area (TPSA) is 69.3 Å². The number of carbonyl (C=O) groups excluding carboxylic acids is 1. The van der Waals surface area contributed by atoms with Crippen molar-refractivity contribution in [1.29, 1.82) is 0 Å². The van der Waals surface area contributed by atoms with Gasteiger partial charge in [0, 0.05) is 38.1 Å². The van der Waals surface area contributed by atoms with Gasteiger partial charge >= 0.3 is 0 Å². The number of benzene rings is 2. The van der Waals surface area contributed by atoms with Crippen LogP contribution in [0.2, 0.25) is 0 Å². The Bertz CT molecular complexity index is 1040. The molecule has 0 atom stereocenters. The van der Waals surface area contributed by atoms with Gasteiger partial charge in [0.15, 0.2) is 5.69 Å². The minimum Gasteiger partial charge on any atom is -0.335 e. The van der Waals surface area contributed by atoms with Gasteiger partial charge < -0.3 is 4.90 Å². The highest BCUT2D eigenvalue weighted by Crippen LogP contribution is 2.16. The van der Waals surface area contributed by atoms with E-state index in [1.54, 1.807) is 18.2 Å². The molecule has 1 aromatic heterocycles. The molecule has 27 heavy (non-hydrogen) atoms. The van der Waals surface area contributed by atoms with Crippen molar-refractivity contribution in [3.05, 3.63) is 75.7 Å². The molecule has 0 aliphatic carbocycles. The van der Waals surface area contributed by atoms with Crippen molar-refractivity contribution in [1.82, 2.24) is 20.0 Å². The fourth-order valence-electron chi connectivity index (χ4n) is 3.61. The van der Waals surface area contributed by atoms with E-state index in [0.29, 0.717) is 29.6 Å². The fraction of sp³-hybridized carbons (Fsp3) is 0.286. The number of carbonyl (C=O) groups is 1. The molecular weight excluding hydrogens is 340 g/mol. The van der Waals surface area contributed by atoms with Gasteiger partial charge in [0.1, 0.15) is 0 Å². The molecule has 1 fully saturated rings. The molecule has 1 saturated heterocycles. The lowest BCUT2D eigenvalue weighted by atomic mass is 10.1. The molecule has 0 spiro atoms. The van der Waals surface area contributed by atoms with Crippen molar-refractivity contribution < 1.29 is 4.79 Å². The van der Waals surface area contributed by atoms with Crippen LogP contribution in [0, 0.1) is 6.92 Å². The number of piperazine rings is 1. The van der Waals surface area contributed by atoms with Crippen LogP contribution in [0.15, 0.2) is 53.3 Å². The fourth-order valence-corrected chi connectivity index (χ4v) is 3.61. The molecule has 1 aliphatic heterocycles. The summed E-state index contributed by atoms with van der Waals surface area (Å²) in [5, 5.41) is 7.58. The zero-order chi connectivity index (χ0) is 18.8. The molecular formula is C21H22N4O2. The molecule has 1 aliphatic rings. The average Bonchev–Trinajstić information content (AvgIpc) is 2.69. The van der Waals surface area contributed by atoms with Gasteiger partial charge in [-0.15, -0.1) is 0 Å². The molecule has 6 nitrogen and oxygen atoms in total. The molecule has 0 unspecified atom stereocenters. The highest BCUT2D eigenvalue weighted by atomic mass is 16.2. The van der Waals surface area contributed by atoms with Gasteiger partial charge in [-0.2, -0.15) is 5.10 Å². The highest BCUT2D eigenvalue weighted by molar-refractivity contribution is 6.04. The van der Waals surface area contributed by atoms with E-state index in [0.717, 1.165) is 19.6 Å². The quantitative estimate of drug-likeness (QED) is 0.775. The summed E-state index contributed by atoms with van der Waals surface area (Å²) >= 11 is 0. The zero-order valence-corrected chi connectivity index (χ0v) is 15.3. The van der Waals surface area contributed by atoms with E-state index in [1.807, 2.05) is 11.0 Å². The third-order valence-corrected chi connectivity index (χ3v) is 5.05. The van der Waals surface area contributed by atoms with E-state index in [4.69, 9.17) is 0 Å². The predicted molar refractivity (Wildman–Crippen MR) is 105 cm³/mol. The van der Waals surface area contributed by atoms with E-state index in [-0.39, 0.29) is 11.5 Å². The number of H-pyrrole nitrogens is 1. The van der Waals surface area contributed by atoms with Gasteiger partial charge in [-0.3, -0.25) is 14.5 Å². The number of fused-ring (bicyclic) bond motifs is 1. The van der Waals surface area contributed by atoms with Crippen LogP contribution < -0.4 is 5.56 Å². The Labute approximate surface area is 157 Å². The number of aryl methyl sites for hydroxylation is 1. The molecule has 0 bridgehead atoms. The third kappa shape index (κ3) is 3.61. The lowest BCUT2D eigenvalue weighted by molar-refractivity contribution is 0.0623. The van der Waals surface area contributed by atoms with Crippen LogP contribution in [0.25, 0.3) is 10.8 Å². The Kier molecular flexibility index (Phi) is 4.73. The molecule has 2 heterocycles. The van der Waals surface area contributed by atoms with Gasteiger partial charge in [0.05, 0.1) is 5.39 Å². The normalized spacial score (nSPS) is 15.2. The first-order valence-corrected chi connectivity index (χ1v) is 9.16. The van der Waals surface area contributed by atoms with Gasteiger partial charge in [-0.25, -0.2) is 5.10 Å². The first-order valence-electron chi connectivity index (χ1n) is 9.16. The molecule has 6 heteroatoms. The minimum absolute atomic E-state index is 0.127. The Morgan fingerprint density at radius 2 is 1.78 bits per heavy atom. The Hall–Kier alpha value is -2.99. The van der Waals surface area contributed by atoms with Crippen molar-refractivity contribution in [2.75, 3.05) is 26.2 Å². The molecule has 4 rings (SSSR count). The van der Waals surface area contributed by atoms with Gasteiger partial charge in [0.2, 0.25) is 0 Å². The van der Waals surface area contributed by atoms with E-state index < -0.39 is 0 Å². The summed E-state index contributed by atoms with van der Waals surface area (Å²) in [6.07, 6.45) is 0. The number of aromatic amines is 1. The SMILES string of the molecule is Cc1cccc(CN2CCN(C(=O)c3n[nH]c(=O)c4ccccc34)CC2)c1. The summed E-state index contributed by atoms with van der Waals surface area (Å²) in [6.45, 7) is 5.94. The second kappa shape index (κ2) is 7.32. The summed E-state index contributed by atoms with van der Waals surface area (Å²) in [6, 6.07) is 15.6. The van der Waals surface area contributed by atoms with Crippen LogP contribution in [0.5, 0.6) is 0 Å². The molecule has 1 amide bonds. The minimum atomic E-state index is -0.273. The molecule has 138 valence electrons. The predicted octanol–water partition coefficient (Wildman–Crippen LogP) is 2.19. The maximum atomic E-state index is 13.0. The van der Waals surface area contributed by atoms with E-state index in [9.17, 15) is 9.59 Å². The van der Waals surface area contributed by atoms with E-state index in [2.05, 4.69) is 46.3 Å². The number of nitrogens with one attached hydrogen (secondary N) is 1. The van der Waals surface area contributed by atoms with Crippen molar-refractivity contribution in [3.8, 4) is 0 Å². The highest BCUT2D eigenvalue weighted by Gasteiger charge is 2.25. The maximum Gasteiger partial charge on any atom is 0.275 e. The standard InChI is InChI=1S/C21H22N4O2/c1-15-5-4-6-16(13-15)14-24-9-11-25(12-10-24)21(27)19-17-7-2-3-8-18(17)20(26)23-22-19/h2-8,13H,9-12,14H2,1H3,(H,23,26). The van der Waals surface area contributed by atoms with Crippen LogP contribution >= 0.6 is 0 Å². The number of hydrogen-bond donors (Lipinski definition) is 1. The van der Waals surface area contributed by atoms with Gasteiger partial charge in [-0.1, -0.05) is 48.0 Å². The number of amides is 1. The Morgan fingerprint density at radius 3 is 2.52 bits per heavy atom. The zero-order valence-electron chi connectivity index (χ0n) is 15.3. The summed E-state index contributed by atoms with van der Waals surface area (Å²) in [4.78, 5) is 29.1. The molecule has 3 aromatic rings. The van der Waals surface area contributed by atoms with E-state index >= 15 is 0 Å². The smallest absolute Gasteiger partial charge is 0.275 e. The van der Waals surface area contributed by atoms with Crippen LogP contribution in [0.4, 0.5) is 0 Å². The van der Waals surface area contributed by atoms with Crippen molar-refractivity contribution in [3.63, 3.8) is 0 Å². The second-order valence-corrected chi connectivity index (χ2v) is 7.00. The largest absolute Gasteiger partial charge is 0.335 e. The van der Waals surface area contributed by atoms with Crippen LogP contribution in [-0.4, -0.2) is 52.1 Å². The first-order chi connectivity index (χ1) is 13.1. The molecule has 0 radical (unpaired) electrons. The lowest BCUT2D eigenvalue weighted by Crippen LogP contribution is -2.48. The summed E-state index contributed by atoms with van der Waals surface area (Å²) in [5.41, 5.74) is 2.60. The maximum absolute atomic E-state index is 13.0. The Balaban J connectivity index is 1.46. The second-order valence-electron chi connectivity index (χ2n) is 7.00. The first kappa shape index (κ1) is 17.4. The summed E-state index contributed by atoms with van der Waals surface area (Å²) in [5.74, 6) is -0.127. The summed E-state index contributed by atoms with van der Waals surface area (Å²) < 4.78 is 0. The Morgan fingerprint density at radius 1 is 1.04 bits per heavy atom. The van der Waals surface area contributed by atoms with Gasteiger partial charge in [-0.05, 0) is 18.6 Å². The number of hydrogen-bond acceptors (Lipinski definition) is 4. The summed E-state index contributed by atoms with van der Waals surface area (Å²) in [7, 11) is 0. The third-order valence-electron chi connectivity index (χ3n) is 5.05. The van der Waals surface area contributed by atoms with Gasteiger partial charge in [0.25, 0.3) is 11.5 Å².